The van der Waals surface area contributed by atoms with Crippen molar-refractivity contribution in [3.63, 3.8) is 0 Å². The zero-order valence-corrected chi connectivity index (χ0v) is 9.41. The van der Waals surface area contributed by atoms with Crippen LogP contribution in [0.2, 0.25) is 0 Å². The molecule has 5 heteroatoms. The van der Waals surface area contributed by atoms with Crippen molar-refractivity contribution in [1.29, 1.82) is 0 Å². The summed E-state index contributed by atoms with van der Waals surface area (Å²) in [6.07, 6.45) is 6.02. The minimum absolute atomic E-state index is 0.559. The first-order valence-electron chi connectivity index (χ1n) is 5.49. The van der Waals surface area contributed by atoms with Crippen molar-refractivity contribution in [2.75, 3.05) is 0 Å². The Bertz CT molecular complexity index is 195. The number of hydrogen-bond donors (Lipinski definition) is 4. The molecule has 0 unspecified atom stereocenters. The molecule has 0 saturated carbocycles. The molecule has 0 saturated heterocycles. The van der Waals surface area contributed by atoms with Gasteiger partial charge in [-0.3, -0.25) is 0 Å². The fourth-order valence-corrected chi connectivity index (χ4v) is 1.37. The average molecular weight is 217 g/mol. The second kappa shape index (κ2) is 6.76. The van der Waals surface area contributed by atoms with Crippen LogP contribution in [0.4, 0.5) is 0 Å². The SMILES string of the molecule is CCCCCCC[C@H](N)C(N)(N)C(=O)O. The first kappa shape index (κ1) is 14.3. The fraction of sp³-hybridized carbons (Fsp3) is 0.900. The zero-order chi connectivity index (χ0) is 11.9. The summed E-state index contributed by atoms with van der Waals surface area (Å²) in [5.41, 5.74) is 14.6. The van der Waals surface area contributed by atoms with Gasteiger partial charge in [0.2, 0.25) is 0 Å². The highest BCUT2D eigenvalue weighted by molar-refractivity contribution is 5.78. The molecule has 0 bridgehead atoms. The lowest BCUT2D eigenvalue weighted by atomic mass is 9.97. The number of hydrogen-bond acceptors (Lipinski definition) is 4. The molecule has 0 fully saturated rings. The lowest BCUT2D eigenvalue weighted by Gasteiger charge is -2.26. The van der Waals surface area contributed by atoms with Gasteiger partial charge in [-0.1, -0.05) is 39.0 Å². The third-order valence-corrected chi connectivity index (χ3v) is 2.60. The molecule has 0 aromatic rings. The summed E-state index contributed by atoms with van der Waals surface area (Å²) in [5.74, 6) is -1.25. The molecule has 15 heavy (non-hydrogen) atoms. The van der Waals surface area contributed by atoms with Gasteiger partial charge < -0.3 is 22.3 Å². The van der Waals surface area contributed by atoms with E-state index in [-0.39, 0.29) is 0 Å². The van der Waals surface area contributed by atoms with Crippen molar-refractivity contribution in [1.82, 2.24) is 0 Å². The summed E-state index contributed by atoms with van der Waals surface area (Å²) in [7, 11) is 0. The van der Waals surface area contributed by atoms with Gasteiger partial charge in [0.25, 0.3) is 0 Å². The molecule has 7 N–H and O–H groups in total. The van der Waals surface area contributed by atoms with Crippen molar-refractivity contribution in [2.45, 2.75) is 57.2 Å². The van der Waals surface area contributed by atoms with Crippen molar-refractivity contribution >= 4 is 5.97 Å². The van der Waals surface area contributed by atoms with Crippen molar-refractivity contribution < 1.29 is 9.90 Å². The normalized spacial score (nSPS) is 13.9. The number of aliphatic carboxylic acids is 1. The quantitative estimate of drug-likeness (QED) is 0.346. The Morgan fingerprint density at radius 2 is 1.80 bits per heavy atom. The molecule has 90 valence electrons. The minimum Gasteiger partial charge on any atom is -0.479 e. The number of carboxylic acids is 1. The molecule has 0 aliphatic heterocycles. The molecule has 0 rings (SSSR count). The van der Waals surface area contributed by atoms with Crippen molar-refractivity contribution in [3.8, 4) is 0 Å². The molecular weight excluding hydrogens is 194 g/mol. The molecule has 0 amide bonds. The highest BCUT2D eigenvalue weighted by Crippen LogP contribution is 2.10. The summed E-state index contributed by atoms with van der Waals surface area (Å²) in [6, 6.07) is -0.684. The Labute approximate surface area is 91.0 Å². The number of rotatable bonds is 8. The topological polar surface area (TPSA) is 115 Å². The second-order valence-electron chi connectivity index (χ2n) is 4.05. The third-order valence-electron chi connectivity index (χ3n) is 2.60. The van der Waals surface area contributed by atoms with Gasteiger partial charge in [0.1, 0.15) is 0 Å². The molecular formula is C10H23N3O2. The fourth-order valence-electron chi connectivity index (χ4n) is 1.37. The summed E-state index contributed by atoms with van der Waals surface area (Å²) < 4.78 is 0. The molecule has 0 spiro atoms. The van der Waals surface area contributed by atoms with Gasteiger partial charge in [-0.25, -0.2) is 4.79 Å². The molecule has 1 atom stereocenters. The van der Waals surface area contributed by atoms with Gasteiger partial charge in [0.05, 0.1) is 0 Å². The van der Waals surface area contributed by atoms with E-state index in [1.165, 1.54) is 12.8 Å². The first-order valence-corrected chi connectivity index (χ1v) is 5.49. The molecule has 0 aromatic carbocycles. The van der Waals surface area contributed by atoms with Crippen LogP contribution in [-0.4, -0.2) is 22.8 Å². The van der Waals surface area contributed by atoms with E-state index in [0.717, 1.165) is 19.3 Å². The van der Waals surface area contributed by atoms with Crippen molar-refractivity contribution in [2.24, 2.45) is 17.2 Å². The van der Waals surface area contributed by atoms with Crippen molar-refractivity contribution in [3.05, 3.63) is 0 Å². The Kier molecular flexibility index (Phi) is 6.47. The van der Waals surface area contributed by atoms with Crippen LogP contribution in [0.1, 0.15) is 45.4 Å². The van der Waals surface area contributed by atoms with Gasteiger partial charge in [0.15, 0.2) is 5.66 Å². The number of unbranched alkanes of at least 4 members (excludes halogenated alkanes) is 4. The van der Waals surface area contributed by atoms with E-state index in [2.05, 4.69) is 6.92 Å². The number of carbonyl (C=O) groups is 1. The van der Waals surface area contributed by atoms with E-state index in [9.17, 15) is 4.79 Å². The molecule has 0 aliphatic carbocycles. The van der Waals surface area contributed by atoms with Crippen LogP contribution in [-0.2, 0) is 4.79 Å². The lowest BCUT2D eigenvalue weighted by Crippen LogP contribution is -2.67. The smallest absolute Gasteiger partial charge is 0.340 e. The summed E-state index contributed by atoms with van der Waals surface area (Å²) >= 11 is 0. The van der Waals surface area contributed by atoms with Gasteiger partial charge in [-0.2, -0.15) is 0 Å². The molecule has 0 heterocycles. The third kappa shape index (κ3) is 5.11. The Hall–Kier alpha value is -0.650. The van der Waals surface area contributed by atoms with E-state index in [4.69, 9.17) is 22.3 Å². The summed E-state index contributed by atoms with van der Waals surface area (Å²) in [6.45, 7) is 2.14. The zero-order valence-electron chi connectivity index (χ0n) is 9.41. The van der Waals surface area contributed by atoms with Gasteiger partial charge >= 0.3 is 5.97 Å². The highest BCUT2D eigenvalue weighted by Gasteiger charge is 2.35. The van der Waals surface area contributed by atoms with Gasteiger partial charge in [0, 0.05) is 6.04 Å². The average Bonchev–Trinajstić information content (AvgIpc) is 2.16. The van der Waals surface area contributed by atoms with Gasteiger partial charge in [-0.05, 0) is 6.42 Å². The van der Waals surface area contributed by atoms with E-state index in [1.807, 2.05) is 0 Å². The monoisotopic (exact) mass is 217 g/mol. The Morgan fingerprint density at radius 1 is 1.27 bits per heavy atom. The maximum Gasteiger partial charge on any atom is 0.340 e. The van der Waals surface area contributed by atoms with E-state index in [1.54, 1.807) is 0 Å². The molecule has 0 radical (unpaired) electrons. The van der Waals surface area contributed by atoms with Crippen LogP contribution in [0.15, 0.2) is 0 Å². The Morgan fingerprint density at radius 3 is 2.27 bits per heavy atom. The predicted octanol–water partition coefficient (Wildman–Crippen LogP) is 0.373. The van der Waals surface area contributed by atoms with E-state index >= 15 is 0 Å². The summed E-state index contributed by atoms with van der Waals surface area (Å²) in [4.78, 5) is 10.7. The largest absolute Gasteiger partial charge is 0.479 e. The van der Waals surface area contributed by atoms with Crippen LogP contribution in [0.5, 0.6) is 0 Å². The van der Waals surface area contributed by atoms with Crippen LogP contribution in [0.3, 0.4) is 0 Å². The predicted molar refractivity (Wildman–Crippen MR) is 60.1 cm³/mol. The van der Waals surface area contributed by atoms with Crippen LogP contribution in [0, 0.1) is 0 Å². The maximum absolute atomic E-state index is 10.7. The Balaban J connectivity index is 3.73. The van der Waals surface area contributed by atoms with E-state index < -0.39 is 17.7 Å². The molecule has 5 nitrogen and oxygen atoms in total. The van der Waals surface area contributed by atoms with Crippen LogP contribution >= 0.6 is 0 Å². The molecule has 0 aromatic heterocycles. The highest BCUT2D eigenvalue weighted by atomic mass is 16.4. The first-order chi connectivity index (χ1) is 6.92. The van der Waals surface area contributed by atoms with Crippen LogP contribution < -0.4 is 17.2 Å². The molecule has 0 aliphatic rings. The maximum atomic E-state index is 10.7. The summed E-state index contributed by atoms with van der Waals surface area (Å²) in [5, 5.41) is 8.72. The number of carboxylic acid groups (broad SMARTS) is 1. The second-order valence-corrected chi connectivity index (χ2v) is 4.05. The van der Waals surface area contributed by atoms with Gasteiger partial charge in [-0.15, -0.1) is 0 Å². The van der Waals surface area contributed by atoms with E-state index in [0.29, 0.717) is 6.42 Å². The van der Waals surface area contributed by atoms with Crippen LogP contribution in [0.25, 0.3) is 0 Å². The lowest BCUT2D eigenvalue weighted by molar-refractivity contribution is -0.144. The minimum atomic E-state index is -1.80. The number of nitrogens with two attached hydrogens (primary N) is 3. The standard InChI is InChI=1S/C10H23N3O2/c1-2-3-4-5-6-7-8(11)10(12,13)9(14)15/h8H,2-7,11-13H2,1H3,(H,14,15)/t8-/m0/s1.